The first-order valence-corrected chi connectivity index (χ1v) is 11.3. The van der Waals surface area contributed by atoms with Crippen LogP contribution < -0.4 is 10.4 Å². The third-order valence-electron chi connectivity index (χ3n) is 4.33. The highest BCUT2D eigenvalue weighted by atomic mass is 35.7. The van der Waals surface area contributed by atoms with E-state index in [1.54, 1.807) is 0 Å². The molecule has 108 valence electrons. The SMILES string of the molecule is Cl[Si](Cl)(c1ccccc1)c1cccc2c1Cc1ccccc1-2. The van der Waals surface area contributed by atoms with Gasteiger partial charge in [-0.3, -0.25) is 0 Å². The van der Waals surface area contributed by atoms with Gasteiger partial charge in [0.2, 0.25) is 0 Å². The van der Waals surface area contributed by atoms with Crippen LogP contribution in [0.1, 0.15) is 11.1 Å². The number of benzene rings is 3. The molecule has 0 nitrogen and oxygen atoms in total. The van der Waals surface area contributed by atoms with Gasteiger partial charge >= 0.3 is 6.69 Å². The molecular weight excluding hydrogens is 327 g/mol. The van der Waals surface area contributed by atoms with Gasteiger partial charge in [-0.05, 0) is 39.0 Å². The fourth-order valence-corrected chi connectivity index (χ4v) is 6.90. The normalized spacial score (nSPS) is 12.8. The first-order chi connectivity index (χ1) is 10.7. The van der Waals surface area contributed by atoms with Gasteiger partial charge < -0.3 is 0 Å². The molecular formula is C19H14Cl2Si. The molecule has 0 spiro atoms. The molecule has 0 fully saturated rings. The van der Waals surface area contributed by atoms with E-state index in [1.807, 2.05) is 30.3 Å². The van der Waals surface area contributed by atoms with Crippen LogP contribution in [0, 0.1) is 0 Å². The largest absolute Gasteiger partial charge is 0.310 e. The van der Waals surface area contributed by atoms with Crippen molar-refractivity contribution < 1.29 is 0 Å². The molecule has 0 heterocycles. The molecule has 0 bridgehead atoms. The Kier molecular flexibility index (Phi) is 3.37. The molecule has 1 aliphatic rings. The fourth-order valence-electron chi connectivity index (χ4n) is 3.25. The van der Waals surface area contributed by atoms with Crippen LogP contribution in [0.3, 0.4) is 0 Å². The summed E-state index contributed by atoms with van der Waals surface area (Å²) in [5, 5.41) is 2.17. The maximum absolute atomic E-state index is 6.92. The lowest BCUT2D eigenvalue weighted by molar-refractivity contribution is 1.28. The topological polar surface area (TPSA) is 0 Å². The van der Waals surface area contributed by atoms with Crippen molar-refractivity contribution >= 4 is 39.2 Å². The molecule has 1 aliphatic carbocycles. The van der Waals surface area contributed by atoms with E-state index in [-0.39, 0.29) is 0 Å². The lowest BCUT2D eigenvalue weighted by Crippen LogP contribution is -2.50. The van der Waals surface area contributed by atoms with E-state index >= 15 is 0 Å². The predicted molar refractivity (Wildman–Crippen MR) is 97.9 cm³/mol. The minimum atomic E-state index is -2.71. The summed E-state index contributed by atoms with van der Waals surface area (Å²) in [7, 11) is 0. The van der Waals surface area contributed by atoms with Crippen LogP contribution in [0.5, 0.6) is 0 Å². The average molecular weight is 341 g/mol. The number of hydrogen-bond donors (Lipinski definition) is 0. The average Bonchev–Trinajstić information content (AvgIpc) is 2.94. The second kappa shape index (κ2) is 5.27. The second-order valence-electron chi connectivity index (χ2n) is 5.61. The molecule has 3 aromatic rings. The van der Waals surface area contributed by atoms with Crippen molar-refractivity contribution in [2.45, 2.75) is 6.42 Å². The summed E-state index contributed by atoms with van der Waals surface area (Å²) in [6.07, 6.45) is 0.919. The summed E-state index contributed by atoms with van der Waals surface area (Å²) < 4.78 is 0. The minimum absolute atomic E-state index is 0.919. The summed E-state index contributed by atoms with van der Waals surface area (Å²) in [6.45, 7) is -2.71. The second-order valence-corrected chi connectivity index (χ2v) is 11.9. The number of hydrogen-bond acceptors (Lipinski definition) is 0. The Morgan fingerprint density at radius 1 is 0.682 bits per heavy atom. The highest BCUT2D eigenvalue weighted by Crippen LogP contribution is 2.36. The van der Waals surface area contributed by atoms with Crippen molar-refractivity contribution in [2.24, 2.45) is 0 Å². The smallest absolute Gasteiger partial charge is 0.134 e. The zero-order chi connectivity index (χ0) is 15.2. The molecule has 22 heavy (non-hydrogen) atoms. The van der Waals surface area contributed by atoms with Gasteiger partial charge in [-0.15, -0.1) is 22.2 Å². The van der Waals surface area contributed by atoms with Gasteiger partial charge in [0.15, 0.2) is 0 Å². The minimum Gasteiger partial charge on any atom is -0.134 e. The summed E-state index contributed by atoms with van der Waals surface area (Å²) in [6, 6.07) is 25.0. The number of fused-ring (bicyclic) bond motifs is 3. The Morgan fingerprint density at radius 3 is 2.18 bits per heavy atom. The third kappa shape index (κ3) is 2.12. The van der Waals surface area contributed by atoms with Gasteiger partial charge in [-0.2, -0.15) is 0 Å². The van der Waals surface area contributed by atoms with Crippen LogP contribution in [0.2, 0.25) is 0 Å². The maximum Gasteiger partial charge on any atom is 0.310 e. The standard InChI is InChI=1S/C19H14Cl2Si/c20-22(21,15-8-2-1-3-9-15)19-12-6-11-17-16-10-5-4-7-14(16)13-18(17)19/h1-12H,13H2. The summed E-state index contributed by atoms with van der Waals surface area (Å²) in [5.74, 6) is 0. The van der Waals surface area contributed by atoms with Crippen LogP contribution in [-0.4, -0.2) is 6.69 Å². The Balaban J connectivity index is 1.89. The van der Waals surface area contributed by atoms with Gasteiger partial charge in [0.25, 0.3) is 0 Å². The van der Waals surface area contributed by atoms with Crippen LogP contribution in [-0.2, 0) is 6.42 Å². The quantitative estimate of drug-likeness (QED) is 0.377. The van der Waals surface area contributed by atoms with Crippen LogP contribution in [0.25, 0.3) is 11.1 Å². The van der Waals surface area contributed by atoms with Crippen LogP contribution in [0.15, 0.2) is 72.8 Å². The Morgan fingerprint density at radius 2 is 1.36 bits per heavy atom. The molecule has 3 heteroatoms. The van der Waals surface area contributed by atoms with Crippen LogP contribution >= 0.6 is 22.2 Å². The highest BCUT2D eigenvalue weighted by Gasteiger charge is 2.37. The zero-order valence-corrected chi connectivity index (χ0v) is 14.4. The van der Waals surface area contributed by atoms with E-state index in [4.69, 9.17) is 22.2 Å². The van der Waals surface area contributed by atoms with Gasteiger partial charge in [-0.25, -0.2) is 0 Å². The van der Waals surface area contributed by atoms with Crippen molar-refractivity contribution in [3.8, 4) is 11.1 Å². The summed E-state index contributed by atoms with van der Waals surface area (Å²) >= 11 is 13.8. The van der Waals surface area contributed by atoms with Crippen molar-refractivity contribution in [3.63, 3.8) is 0 Å². The Hall–Kier alpha value is -1.54. The maximum atomic E-state index is 6.92. The van der Waals surface area contributed by atoms with Crippen molar-refractivity contribution in [1.82, 2.24) is 0 Å². The Bertz CT molecular complexity index is 841. The molecule has 0 radical (unpaired) electrons. The van der Waals surface area contributed by atoms with E-state index in [9.17, 15) is 0 Å². The summed E-state index contributed by atoms with van der Waals surface area (Å²) in [5.41, 5.74) is 5.24. The van der Waals surface area contributed by atoms with Crippen molar-refractivity contribution in [1.29, 1.82) is 0 Å². The van der Waals surface area contributed by atoms with Crippen LogP contribution in [0.4, 0.5) is 0 Å². The zero-order valence-electron chi connectivity index (χ0n) is 11.9. The van der Waals surface area contributed by atoms with E-state index in [1.165, 1.54) is 22.3 Å². The van der Waals surface area contributed by atoms with Gasteiger partial charge in [0, 0.05) is 0 Å². The summed E-state index contributed by atoms with van der Waals surface area (Å²) in [4.78, 5) is 0. The molecule has 0 amide bonds. The van der Waals surface area contributed by atoms with E-state index in [0.29, 0.717) is 0 Å². The van der Waals surface area contributed by atoms with E-state index in [2.05, 4.69) is 42.5 Å². The van der Waals surface area contributed by atoms with E-state index < -0.39 is 6.69 Å². The molecule has 0 unspecified atom stereocenters. The third-order valence-corrected chi connectivity index (χ3v) is 9.06. The van der Waals surface area contributed by atoms with Crippen molar-refractivity contribution in [2.75, 3.05) is 0 Å². The molecule has 0 saturated heterocycles. The molecule has 0 aliphatic heterocycles. The highest BCUT2D eigenvalue weighted by molar-refractivity contribution is 7.56. The predicted octanol–water partition coefficient (Wildman–Crippen LogP) is 4.29. The lowest BCUT2D eigenvalue weighted by atomic mass is 10.1. The number of halogens is 2. The van der Waals surface area contributed by atoms with Gasteiger partial charge in [0.05, 0.1) is 0 Å². The number of rotatable bonds is 2. The first kappa shape index (κ1) is 14.1. The van der Waals surface area contributed by atoms with Gasteiger partial charge in [-0.1, -0.05) is 72.8 Å². The molecule has 0 aromatic heterocycles. The fraction of sp³-hybridized carbons (Fsp3) is 0.0526. The molecule has 0 saturated carbocycles. The van der Waals surface area contributed by atoms with Gasteiger partial charge in [0.1, 0.15) is 0 Å². The lowest BCUT2D eigenvalue weighted by Gasteiger charge is -2.21. The molecule has 4 rings (SSSR count). The van der Waals surface area contributed by atoms with Crippen molar-refractivity contribution in [3.05, 3.63) is 83.9 Å². The Labute approximate surface area is 140 Å². The monoisotopic (exact) mass is 340 g/mol. The van der Waals surface area contributed by atoms with E-state index in [0.717, 1.165) is 16.8 Å². The molecule has 0 N–H and O–H groups in total. The first-order valence-electron chi connectivity index (χ1n) is 7.32. The molecule has 3 aromatic carbocycles. The molecule has 0 atom stereocenters.